The monoisotopic (exact) mass is 325 g/mol. The van der Waals surface area contributed by atoms with Crippen molar-refractivity contribution < 1.29 is 22.6 Å². The Kier molecular flexibility index (Phi) is 4.14. The lowest BCUT2D eigenvalue weighted by molar-refractivity contribution is -0.275. The van der Waals surface area contributed by atoms with Crippen molar-refractivity contribution in [2.45, 2.75) is 12.4 Å². The lowest BCUT2D eigenvalue weighted by Gasteiger charge is -2.26. The second-order valence-electron chi connectivity index (χ2n) is 3.81. The molecule has 1 N–H and O–H groups in total. The summed E-state index contributed by atoms with van der Waals surface area (Å²) in [6.45, 7) is 1.48. The van der Waals surface area contributed by atoms with Gasteiger partial charge >= 0.3 is 6.36 Å². The number of hydrogen-bond acceptors (Lipinski definition) is 3. The molecule has 1 saturated heterocycles. The summed E-state index contributed by atoms with van der Waals surface area (Å²) in [5.41, 5.74) is 0.432. The first kappa shape index (κ1) is 13.6. The molecule has 0 saturated carbocycles. The van der Waals surface area contributed by atoms with Crippen LogP contribution in [0.5, 0.6) is 5.75 Å². The highest BCUT2D eigenvalue weighted by molar-refractivity contribution is 9.10. The third-order valence-corrected chi connectivity index (χ3v) is 2.99. The lowest BCUT2D eigenvalue weighted by atomic mass is 10.1. The molecule has 2 rings (SSSR count). The number of halogens is 4. The Morgan fingerprint density at radius 2 is 2.17 bits per heavy atom. The van der Waals surface area contributed by atoms with Crippen molar-refractivity contribution in [1.82, 2.24) is 5.32 Å². The summed E-state index contributed by atoms with van der Waals surface area (Å²) in [6.07, 6.45) is -4.70. The predicted octanol–water partition coefficient (Wildman–Crippen LogP) is 3.01. The lowest BCUT2D eigenvalue weighted by Crippen LogP contribution is -2.35. The zero-order valence-corrected chi connectivity index (χ0v) is 10.8. The Labute approximate surface area is 110 Å². The fourth-order valence-corrected chi connectivity index (χ4v) is 2.15. The van der Waals surface area contributed by atoms with Crippen LogP contribution in [0.3, 0.4) is 0 Å². The Hall–Kier alpha value is -0.790. The van der Waals surface area contributed by atoms with Gasteiger partial charge in [0.25, 0.3) is 0 Å². The molecular formula is C11H11BrF3NO2. The van der Waals surface area contributed by atoms with E-state index in [0.717, 1.165) is 0 Å². The molecule has 100 valence electrons. The van der Waals surface area contributed by atoms with Gasteiger partial charge in [0.15, 0.2) is 0 Å². The number of benzene rings is 1. The minimum Gasteiger partial charge on any atom is -0.405 e. The van der Waals surface area contributed by atoms with E-state index >= 15 is 0 Å². The molecular weight excluding hydrogens is 315 g/mol. The third kappa shape index (κ3) is 3.60. The molecule has 1 fully saturated rings. The van der Waals surface area contributed by atoms with Crippen LogP contribution < -0.4 is 10.1 Å². The second kappa shape index (κ2) is 5.46. The van der Waals surface area contributed by atoms with Crippen LogP contribution in [0.1, 0.15) is 11.6 Å². The topological polar surface area (TPSA) is 30.5 Å². The van der Waals surface area contributed by atoms with E-state index in [1.165, 1.54) is 12.1 Å². The van der Waals surface area contributed by atoms with Crippen molar-refractivity contribution in [2.24, 2.45) is 0 Å². The number of ether oxygens (including phenoxy) is 2. The Morgan fingerprint density at radius 3 is 2.78 bits per heavy atom. The van der Waals surface area contributed by atoms with E-state index < -0.39 is 6.36 Å². The first-order valence-corrected chi connectivity index (χ1v) is 6.11. The summed E-state index contributed by atoms with van der Waals surface area (Å²) in [4.78, 5) is 0. The molecule has 1 aromatic carbocycles. The maximum Gasteiger partial charge on any atom is 0.573 e. The summed E-state index contributed by atoms with van der Waals surface area (Å²) in [5.74, 6) is -0.200. The molecule has 0 bridgehead atoms. The number of alkyl halides is 3. The number of nitrogens with one attached hydrogen (secondary N) is 1. The fourth-order valence-electron chi connectivity index (χ4n) is 1.77. The normalized spacial score (nSPS) is 20.8. The van der Waals surface area contributed by atoms with E-state index in [9.17, 15) is 13.2 Å². The number of morpholine rings is 1. The Bertz CT molecular complexity index is 419. The van der Waals surface area contributed by atoms with Crippen molar-refractivity contribution in [2.75, 3.05) is 19.8 Å². The van der Waals surface area contributed by atoms with Crippen LogP contribution in [-0.2, 0) is 4.74 Å². The van der Waals surface area contributed by atoms with Crippen LogP contribution in [0.2, 0.25) is 0 Å². The number of hydrogen-bond donors (Lipinski definition) is 1. The van der Waals surface area contributed by atoms with E-state index in [1.807, 2.05) is 0 Å². The molecule has 0 amide bonds. The molecule has 18 heavy (non-hydrogen) atoms. The van der Waals surface area contributed by atoms with Gasteiger partial charge in [-0.2, -0.15) is 0 Å². The van der Waals surface area contributed by atoms with Gasteiger partial charge in [-0.3, -0.25) is 0 Å². The average molecular weight is 326 g/mol. The molecule has 1 aliphatic rings. The maximum atomic E-state index is 12.3. The van der Waals surface area contributed by atoms with E-state index in [1.54, 1.807) is 6.07 Å². The van der Waals surface area contributed by atoms with Gasteiger partial charge in [-0.05, 0) is 18.2 Å². The highest BCUT2D eigenvalue weighted by atomic mass is 79.9. The molecule has 1 aromatic rings. The SMILES string of the molecule is FC(F)(F)Oc1ccc(Br)cc1[C@H]1COCCN1. The van der Waals surface area contributed by atoms with Gasteiger partial charge in [-0.1, -0.05) is 15.9 Å². The minimum absolute atomic E-state index is 0.200. The molecule has 1 heterocycles. The highest BCUT2D eigenvalue weighted by Gasteiger charge is 2.33. The molecule has 0 spiro atoms. The van der Waals surface area contributed by atoms with Gasteiger partial charge in [0.1, 0.15) is 5.75 Å². The van der Waals surface area contributed by atoms with Gasteiger partial charge in [-0.15, -0.1) is 13.2 Å². The van der Waals surface area contributed by atoms with Crippen LogP contribution in [0.15, 0.2) is 22.7 Å². The van der Waals surface area contributed by atoms with Gasteiger partial charge in [-0.25, -0.2) is 0 Å². The van der Waals surface area contributed by atoms with Gasteiger partial charge in [0.05, 0.1) is 19.3 Å². The quantitative estimate of drug-likeness (QED) is 0.906. The summed E-state index contributed by atoms with van der Waals surface area (Å²) in [6, 6.07) is 4.11. The average Bonchev–Trinajstić information content (AvgIpc) is 2.31. The van der Waals surface area contributed by atoms with Crippen LogP contribution in [0, 0.1) is 0 Å². The molecule has 7 heteroatoms. The molecule has 1 atom stereocenters. The van der Waals surface area contributed by atoms with E-state index in [-0.39, 0.29) is 11.8 Å². The van der Waals surface area contributed by atoms with Crippen LogP contribution in [0.4, 0.5) is 13.2 Å². The molecule has 0 radical (unpaired) electrons. The zero-order chi connectivity index (χ0) is 13.2. The first-order chi connectivity index (χ1) is 8.46. The summed E-state index contributed by atoms with van der Waals surface area (Å²) < 4.78 is 46.9. The van der Waals surface area contributed by atoms with E-state index in [0.29, 0.717) is 29.8 Å². The van der Waals surface area contributed by atoms with Crippen LogP contribution >= 0.6 is 15.9 Å². The summed E-state index contributed by atoms with van der Waals surface area (Å²) in [5, 5.41) is 3.10. The molecule has 3 nitrogen and oxygen atoms in total. The zero-order valence-electron chi connectivity index (χ0n) is 9.26. The summed E-state index contributed by atoms with van der Waals surface area (Å²) in [7, 11) is 0. The standard InChI is InChI=1S/C11H11BrF3NO2/c12-7-1-2-10(18-11(13,14)15)8(5-7)9-6-17-4-3-16-9/h1-2,5,9,16H,3-4,6H2/t9-/m1/s1. The molecule has 0 aliphatic carbocycles. The highest BCUT2D eigenvalue weighted by Crippen LogP contribution is 2.33. The second-order valence-corrected chi connectivity index (χ2v) is 4.73. The maximum absolute atomic E-state index is 12.3. The number of rotatable bonds is 2. The largest absolute Gasteiger partial charge is 0.573 e. The third-order valence-electron chi connectivity index (χ3n) is 2.49. The van der Waals surface area contributed by atoms with E-state index in [2.05, 4.69) is 26.0 Å². The predicted molar refractivity (Wildman–Crippen MR) is 62.4 cm³/mol. The molecule has 1 aliphatic heterocycles. The van der Waals surface area contributed by atoms with Crippen LogP contribution in [0.25, 0.3) is 0 Å². The van der Waals surface area contributed by atoms with Crippen molar-refractivity contribution in [1.29, 1.82) is 0 Å². The van der Waals surface area contributed by atoms with Crippen molar-refractivity contribution in [3.63, 3.8) is 0 Å². The van der Waals surface area contributed by atoms with Gasteiger partial charge in [0.2, 0.25) is 0 Å². The van der Waals surface area contributed by atoms with Gasteiger partial charge < -0.3 is 14.8 Å². The molecule has 0 aromatic heterocycles. The smallest absolute Gasteiger partial charge is 0.405 e. The van der Waals surface area contributed by atoms with E-state index in [4.69, 9.17) is 4.74 Å². The molecule has 0 unspecified atom stereocenters. The van der Waals surface area contributed by atoms with Crippen molar-refractivity contribution in [3.05, 3.63) is 28.2 Å². The van der Waals surface area contributed by atoms with Gasteiger partial charge in [0, 0.05) is 16.6 Å². The Balaban J connectivity index is 2.28. The van der Waals surface area contributed by atoms with Crippen molar-refractivity contribution >= 4 is 15.9 Å². The minimum atomic E-state index is -4.70. The fraction of sp³-hybridized carbons (Fsp3) is 0.455. The van der Waals surface area contributed by atoms with Crippen molar-refractivity contribution in [3.8, 4) is 5.75 Å². The summed E-state index contributed by atoms with van der Waals surface area (Å²) >= 11 is 3.24. The van der Waals surface area contributed by atoms with Crippen LogP contribution in [-0.4, -0.2) is 26.1 Å². The first-order valence-electron chi connectivity index (χ1n) is 5.32. The Morgan fingerprint density at radius 1 is 1.39 bits per heavy atom.